The summed E-state index contributed by atoms with van der Waals surface area (Å²) >= 11 is 3.52. The Hall–Kier alpha value is -0.960. The van der Waals surface area contributed by atoms with Gasteiger partial charge in [0.05, 0.1) is 5.56 Å². The van der Waals surface area contributed by atoms with Gasteiger partial charge in [-0.25, -0.2) is 0 Å². The van der Waals surface area contributed by atoms with Crippen LogP contribution >= 0.6 is 15.9 Å². The van der Waals surface area contributed by atoms with Crippen molar-refractivity contribution >= 4 is 21.5 Å². The first-order valence-corrected chi connectivity index (χ1v) is 10.0. The quantitative estimate of drug-likeness (QED) is 0.437. The van der Waals surface area contributed by atoms with E-state index in [9.17, 15) is 10.2 Å². The molecule has 0 fully saturated rings. The molecule has 1 aliphatic carbocycles. The molecule has 0 aromatic heterocycles. The third kappa shape index (κ3) is 4.76. The number of rotatable bonds is 7. The number of alkyl halides is 1. The maximum Gasteiger partial charge on any atom is 0.127 e. The predicted octanol–water partition coefficient (Wildman–Crippen LogP) is 6.19. The molecule has 0 amide bonds. The number of aromatic hydroxyl groups is 2. The molecule has 2 rings (SSSR count). The molecule has 23 heavy (non-hydrogen) atoms. The van der Waals surface area contributed by atoms with Gasteiger partial charge in [-0.3, -0.25) is 0 Å². The summed E-state index contributed by atoms with van der Waals surface area (Å²) in [4.78, 5) is 0. The lowest BCUT2D eigenvalue weighted by atomic mass is 9.80. The monoisotopic (exact) mass is 380 g/mol. The van der Waals surface area contributed by atoms with Gasteiger partial charge in [0.15, 0.2) is 0 Å². The molecule has 2 nitrogen and oxygen atoms in total. The zero-order chi connectivity index (χ0) is 16.8. The van der Waals surface area contributed by atoms with Crippen molar-refractivity contribution in [2.75, 3.05) is 5.33 Å². The van der Waals surface area contributed by atoms with Gasteiger partial charge in [0.2, 0.25) is 0 Å². The van der Waals surface area contributed by atoms with Crippen molar-refractivity contribution in [3.05, 3.63) is 28.8 Å². The fraction of sp³-hybridized carbons (Fsp3) is 0.600. The SMILES string of the molecule is CCCCCc1cc(O)c(C2=C(CCBr)CCC(C)C2)c(O)c1. The molecule has 0 radical (unpaired) electrons. The Morgan fingerprint density at radius 3 is 2.43 bits per heavy atom. The average molecular weight is 381 g/mol. The van der Waals surface area contributed by atoms with Gasteiger partial charge >= 0.3 is 0 Å². The molecule has 0 heterocycles. The standard InChI is InChI=1S/C20H29BrO2/c1-3-4-5-6-15-12-18(22)20(19(23)13-15)17-11-14(2)7-8-16(17)9-10-21/h12-14,22-23H,3-11H2,1-2H3. The van der Waals surface area contributed by atoms with Crippen LogP contribution in [0.2, 0.25) is 0 Å². The summed E-state index contributed by atoms with van der Waals surface area (Å²) in [5, 5.41) is 22.0. The van der Waals surface area contributed by atoms with Crippen molar-refractivity contribution in [3.63, 3.8) is 0 Å². The lowest BCUT2D eigenvalue weighted by Crippen LogP contribution is -2.08. The number of hydrogen-bond acceptors (Lipinski definition) is 2. The molecular weight excluding hydrogens is 352 g/mol. The first-order chi connectivity index (χ1) is 11.1. The molecule has 1 atom stereocenters. The Morgan fingerprint density at radius 2 is 1.83 bits per heavy atom. The molecule has 0 spiro atoms. The van der Waals surface area contributed by atoms with Crippen LogP contribution in [0, 0.1) is 5.92 Å². The molecule has 0 bridgehead atoms. The number of allylic oxidation sites excluding steroid dienone is 2. The van der Waals surface area contributed by atoms with Crippen LogP contribution in [0.5, 0.6) is 11.5 Å². The van der Waals surface area contributed by atoms with Crippen LogP contribution in [0.4, 0.5) is 0 Å². The van der Waals surface area contributed by atoms with Crippen molar-refractivity contribution in [2.45, 2.75) is 65.2 Å². The fourth-order valence-electron chi connectivity index (χ4n) is 3.54. The molecule has 0 saturated carbocycles. The maximum absolute atomic E-state index is 10.5. The minimum Gasteiger partial charge on any atom is -0.507 e. The van der Waals surface area contributed by atoms with Crippen molar-refractivity contribution < 1.29 is 10.2 Å². The third-order valence-electron chi connectivity index (χ3n) is 4.84. The summed E-state index contributed by atoms with van der Waals surface area (Å²) in [6.45, 7) is 4.43. The molecule has 2 N–H and O–H groups in total. The van der Waals surface area contributed by atoms with Crippen molar-refractivity contribution in [1.29, 1.82) is 0 Å². The Morgan fingerprint density at radius 1 is 1.13 bits per heavy atom. The highest BCUT2D eigenvalue weighted by molar-refractivity contribution is 9.09. The van der Waals surface area contributed by atoms with E-state index in [0.717, 1.165) is 43.0 Å². The largest absolute Gasteiger partial charge is 0.507 e. The Labute approximate surface area is 148 Å². The van der Waals surface area contributed by atoms with Gasteiger partial charge in [-0.2, -0.15) is 0 Å². The molecule has 1 unspecified atom stereocenters. The highest BCUT2D eigenvalue weighted by Crippen LogP contribution is 2.44. The van der Waals surface area contributed by atoms with E-state index in [-0.39, 0.29) is 11.5 Å². The highest BCUT2D eigenvalue weighted by atomic mass is 79.9. The van der Waals surface area contributed by atoms with Crippen LogP contribution in [-0.4, -0.2) is 15.5 Å². The maximum atomic E-state index is 10.5. The Kier molecular flexibility index (Phi) is 7.01. The topological polar surface area (TPSA) is 40.5 Å². The second-order valence-electron chi connectivity index (χ2n) is 6.84. The minimum absolute atomic E-state index is 0.243. The van der Waals surface area contributed by atoms with Gasteiger partial charge in [0.1, 0.15) is 11.5 Å². The van der Waals surface area contributed by atoms with Crippen LogP contribution in [0.15, 0.2) is 17.7 Å². The minimum atomic E-state index is 0.243. The van der Waals surface area contributed by atoms with Crippen LogP contribution in [0.25, 0.3) is 5.57 Å². The number of unbranched alkanes of at least 4 members (excludes halogenated alkanes) is 2. The zero-order valence-electron chi connectivity index (χ0n) is 14.4. The summed E-state index contributed by atoms with van der Waals surface area (Å²) in [6.07, 6.45) is 8.57. The van der Waals surface area contributed by atoms with E-state index >= 15 is 0 Å². The number of halogens is 1. The second kappa shape index (κ2) is 8.77. The van der Waals surface area contributed by atoms with Gasteiger partial charge in [-0.15, -0.1) is 0 Å². The van der Waals surface area contributed by atoms with Gasteiger partial charge in [-0.05, 0) is 67.7 Å². The molecule has 1 aliphatic rings. The lowest BCUT2D eigenvalue weighted by molar-refractivity contribution is 0.442. The van der Waals surface area contributed by atoms with E-state index in [0.29, 0.717) is 11.5 Å². The number of aryl methyl sites for hydroxylation is 1. The van der Waals surface area contributed by atoms with Gasteiger partial charge < -0.3 is 10.2 Å². The average Bonchev–Trinajstić information content (AvgIpc) is 2.49. The zero-order valence-corrected chi connectivity index (χ0v) is 16.0. The van der Waals surface area contributed by atoms with Crippen LogP contribution in [0.1, 0.15) is 69.9 Å². The fourth-order valence-corrected chi connectivity index (χ4v) is 4.01. The Balaban J connectivity index is 2.33. The van der Waals surface area contributed by atoms with Gasteiger partial charge in [-0.1, -0.05) is 48.2 Å². The lowest BCUT2D eigenvalue weighted by Gasteiger charge is -2.26. The van der Waals surface area contributed by atoms with Crippen LogP contribution in [-0.2, 0) is 6.42 Å². The molecule has 3 heteroatoms. The van der Waals surface area contributed by atoms with E-state index in [1.807, 2.05) is 12.1 Å². The van der Waals surface area contributed by atoms with Gasteiger partial charge in [0, 0.05) is 5.33 Å². The van der Waals surface area contributed by atoms with E-state index in [1.54, 1.807) is 0 Å². The summed E-state index contributed by atoms with van der Waals surface area (Å²) in [6, 6.07) is 3.70. The van der Waals surface area contributed by atoms with Crippen LogP contribution < -0.4 is 0 Å². The molecule has 0 saturated heterocycles. The third-order valence-corrected chi connectivity index (χ3v) is 5.24. The summed E-state index contributed by atoms with van der Waals surface area (Å²) in [7, 11) is 0. The molecule has 128 valence electrons. The van der Waals surface area contributed by atoms with Crippen LogP contribution in [0.3, 0.4) is 0 Å². The predicted molar refractivity (Wildman–Crippen MR) is 101 cm³/mol. The summed E-state index contributed by atoms with van der Waals surface area (Å²) in [5.41, 5.74) is 4.25. The molecular formula is C20H29BrO2. The smallest absolute Gasteiger partial charge is 0.127 e. The summed E-state index contributed by atoms with van der Waals surface area (Å²) < 4.78 is 0. The normalized spacial score (nSPS) is 18.5. The van der Waals surface area contributed by atoms with Crippen molar-refractivity contribution in [1.82, 2.24) is 0 Å². The van der Waals surface area contributed by atoms with E-state index in [1.165, 1.54) is 30.4 Å². The van der Waals surface area contributed by atoms with Crippen molar-refractivity contribution in [3.8, 4) is 11.5 Å². The number of phenolic OH excluding ortho intramolecular Hbond substituents is 2. The number of hydrogen-bond donors (Lipinski definition) is 2. The van der Waals surface area contributed by atoms with Crippen molar-refractivity contribution in [2.24, 2.45) is 5.92 Å². The van der Waals surface area contributed by atoms with Gasteiger partial charge in [0.25, 0.3) is 0 Å². The molecule has 1 aromatic rings. The highest BCUT2D eigenvalue weighted by Gasteiger charge is 2.23. The summed E-state index contributed by atoms with van der Waals surface area (Å²) in [5.74, 6) is 1.09. The molecule has 1 aromatic carbocycles. The number of phenols is 2. The van der Waals surface area contributed by atoms with E-state index in [4.69, 9.17) is 0 Å². The number of benzene rings is 1. The Bertz CT molecular complexity index is 540. The van der Waals surface area contributed by atoms with E-state index < -0.39 is 0 Å². The van der Waals surface area contributed by atoms with E-state index in [2.05, 4.69) is 29.8 Å². The second-order valence-corrected chi connectivity index (χ2v) is 7.63. The molecule has 0 aliphatic heterocycles. The first-order valence-electron chi connectivity index (χ1n) is 8.88. The first kappa shape index (κ1) is 18.4.